The molecule has 0 unspecified atom stereocenters. The summed E-state index contributed by atoms with van der Waals surface area (Å²) in [5, 5.41) is 2.64. The molecule has 0 spiro atoms. The van der Waals surface area contributed by atoms with Gasteiger partial charge in [-0.25, -0.2) is 4.39 Å². The Hall–Kier alpha value is -2.89. The third kappa shape index (κ3) is 4.32. The second-order valence-electron chi connectivity index (χ2n) is 5.21. The number of methoxy groups -OCH3 is 1. The molecule has 1 N–H and O–H groups in total. The number of ether oxygens (including phenoxy) is 2. The molecule has 0 atom stereocenters. The zero-order valence-corrected chi connectivity index (χ0v) is 13.7. The first-order chi connectivity index (χ1) is 11.4. The molecule has 5 nitrogen and oxygen atoms in total. The second-order valence-corrected chi connectivity index (χ2v) is 5.21. The van der Waals surface area contributed by atoms with Gasteiger partial charge in [0, 0.05) is 12.5 Å². The van der Waals surface area contributed by atoms with Crippen LogP contribution >= 0.6 is 0 Å². The van der Waals surface area contributed by atoms with Crippen LogP contribution in [0.3, 0.4) is 0 Å². The first-order valence-corrected chi connectivity index (χ1v) is 7.28. The molecule has 1 amide bonds. The smallest absolute Gasteiger partial charge is 0.221 e. The first-order valence-electron chi connectivity index (χ1n) is 7.28. The fourth-order valence-electron chi connectivity index (χ4n) is 2.11. The van der Waals surface area contributed by atoms with Gasteiger partial charge in [0.1, 0.15) is 12.4 Å². The summed E-state index contributed by atoms with van der Waals surface area (Å²) in [6.45, 7) is 2.90. The zero-order chi connectivity index (χ0) is 17.7. The van der Waals surface area contributed by atoms with E-state index in [1.165, 1.54) is 33.1 Å². The van der Waals surface area contributed by atoms with Crippen molar-refractivity contribution in [3.05, 3.63) is 53.3 Å². The summed E-state index contributed by atoms with van der Waals surface area (Å²) in [6, 6.07) is 9.25. The van der Waals surface area contributed by atoms with Gasteiger partial charge in [0.25, 0.3) is 0 Å². The number of carbonyl (C=O) groups excluding carboxylic acids is 2. The first kappa shape index (κ1) is 17.5. The van der Waals surface area contributed by atoms with Crippen LogP contribution in [0.25, 0.3) is 0 Å². The summed E-state index contributed by atoms with van der Waals surface area (Å²) in [7, 11) is 1.39. The average Bonchev–Trinajstić information content (AvgIpc) is 2.53. The minimum Gasteiger partial charge on any atom is -0.494 e. The predicted molar refractivity (Wildman–Crippen MR) is 88.0 cm³/mol. The standard InChI is InChI=1S/C18H18FNO4/c1-11(21)14-5-6-16(20-12(2)22)18(9-14)24-10-13-4-7-17(23-3)15(19)8-13/h4-9H,10H2,1-3H3,(H,20,22). The summed E-state index contributed by atoms with van der Waals surface area (Å²) in [5.41, 5.74) is 1.50. The summed E-state index contributed by atoms with van der Waals surface area (Å²) >= 11 is 0. The summed E-state index contributed by atoms with van der Waals surface area (Å²) in [4.78, 5) is 22.8. The number of rotatable bonds is 6. The van der Waals surface area contributed by atoms with E-state index >= 15 is 0 Å². The minimum atomic E-state index is -0.488. The van der Waals surface area contributed by atoms with Crippen LogP contribution in [0.2, 0.25) is 0 Å². The molecule has 24 heavy (non-hydrogen) atoms. The maximum Gasteiger partial charge on any atom is 0.221 e. The molecule has 2 rings (SSSR count). The number of Topliss-reactive ketones (excluding diaryl/α,β-unsaturated/α-hetero) is 1. The number of benzene rings is 2. The van der Waals surface area contributed by atoms with Crippen LogP contribution in [0.4, 0.5) is 10.1 Å². The minimum absolute atomic E-state index is 0.0782. The maximum absolute atomic E-state index is 13.7. The summed E-state index contributed by atoms with van der Waals surface area (Å²) < 4.78 is 24.3. The van der Waals surface area contributed by atoms with Gasteiger partial charge >= 0.3 is 0 Å². The van der Waals surface area contributed by atoms with Gasteiger partial charge in [0.15, 0.2) is 17.3 Å². The lowest BCUT2D eigenvalue weighted by Gasteiger charge is -2.13. The van der Waals surface area contributed by atoms with Gasteiger partial charge in [-0.2, -0.15) is 0 Å². The van der Waals surface area contributed by atoms with Crippen molar-refractivity contribution in [2.75, 3.05) is 12.4 Å². The van der Waals surface area contributed by atoms with Crippen molar-refractivity contribution in [1.82, 2.24) is 0 Å². The Kier molecular flexibility index (Phi) is 5.52. The Morgan fingerprint density at radius 3 is 2.42 bits per heavy atom. The number of hydrogen-bond acceptors (Lipinski definition) is 4. The number of halogens is 1. The molecule has 0 fully saturated rings. The molecular weight excluding hydrogens is 313 g/mol. The molecule has 6 heteroatoms. The Morgan fingerprint density at radius 1 is 1.08 bits per heavy atom. The molecule has 0 saturated heterocycles. The number of anilines is 1. The van der Waals surface area contributed by atoms with Crippen molar-refractivity contribution >= 4 is 17.4 Å². The van der Waals surface area contributed by atoms with E-state index < -0.39 is 5.82 Å². The van der Waals surface area contributed by atoms with Gasteiger partial charge < -0.3 is 14.8 Å². The van der Waals surface area contributed by atoms with Gasteiger partial charge in [-0.15, -0.1) is 0 Å². The third-order valence-electron chi connectivity index (χ3n) is 3.31. The van der Waals surface area contributed by atoms with Crippen LogP contribution in [0.1, 0.15) is 29.8 Å². The summed E-state index contributed by atoms with van der Waals surface area (Å²) in [6.07, 6.45) is 0. The molecule has 0 heterocycles. The van der Waals surface area contributed by atoms with Crippen LogP contribution in [-0.4, -0.2) is 18.8 Å². The SMILES string of the molecule is COc1ccc(COc2cc(C(C)=O)ccc2NC(C)=O)cc1F. The van der Waals surface area contributed by atoms with Gasteiger partial charge in [0.05, 0.1) is 12.8 Å². The van der Waals surface area contributed by atoms with Crippen molar-refractivity contribution in [3.63, 3.8) is 0 Å². The van der Waals surface area contributed by atoms with E-state index in [1.54, 1.807) is 24.3 Å². The molecule has 2 aromatic carbocycles. The van der Waals surface area contributed by atoms with Crippen LogP contribution < -0.4 is 14.8 Å². The van der Waals surface area contributed by atoms with E-state index in [9.17, 15) is 14.0 Å². The fraction of sp³-hybridized carbons (Fsp3) is 0.222. The number of hydrogen-bond donors (Lipinski definition) is 1. The Bertz CT molecular complexity index is 774. The Labute approximate surface area is 139 Å². The van der Waals surface area contributed by atoms with Gasteiger partial charge in [-0.1, -0.05) is 6.07 Å². The van der Waals surface area contributed by atoms with Gasteiger partial charge in [-0.05, 0) is 42.8 Å². The van der Waals surface area contributed by atoms with E-state index in [2.05, 4.69) is 5.32 Å². The number of carbonyl (C=O) groups is 2. The molecule has 0 aromatic heterocycles. The Morgan fingerprint density at radius 2 is 1.83 bits per heavy atom. The quantitative estimate of drug-likeness (QED) is 0.822. The highest BCUT2D eigenvalue weighted by Gasteiger charge is 2.10. The third-order valence-corrected chi connectivity index (χ3v) is 3.31. The van der Waals surface area contributed by atoms with Crippen molar-refractivity contribution in [2.24, 2.45) is 0 Å². The highest BCUT2D eigenvalue weighted by Crippen LogP contribution is 2.28. The van der Waals surface area contributed by atoms with Crippen molar-refractivity contribution < 1.29 is 23.5 Å². The summed E-state index contributed by atoms with van der Waals surface area (Å²) in [5.74, 6) is -0.376. The second kappa shape index (κ2) is 7.59. The predicted octanol–water partition coefficient (Wildman–Crippen LogP) is 3.57. The van der Waals surface area contributed by atoms with Crippen LogP contribution in [-0.2, 0) is 11.4 Å². The Balaban J connectivity index is 2.23. The molecule has 0 aliphatic carbocycles. The van der Waals surface area contributed by atoms with Crippen LogP contribution in [0.15, 0.2) is 36.4 Å². The topological polar surface area (TPSA) is 64.6 Å². The number of ketones is 1. The lowest BCUT2D eigenvalue weighted by atomic mass is 10.1. The normalized spacial score (nSPS) is 10.2. The van der Waals surface area contributed by atoms with E-state index in [-0.39, 0.29) is 24.0 Å². The molecular formula is C18H18FNO4. The molecule has 126 valence electrons. The van der Waals surface area contributed by atoms with E-state index in [4.69, 9.17) is 9.47 Å². The monoisotopic (exact) mass is 331 g/mol. The molecule has 0 bridgehead atoms. The van der Waals surface area contributed by atoms with Gasteiger partial charge in [0.2, 0.25) is 5.91 Å². The van der Waals surface area contributed by atoms with Crippen LogP contribution in [0, 0.1) is 5.82 Å². The van der Waals surface area contributed by atoms with E-state index in [0.29, 0.717) is 22.6 Å². The number of amides is 1. The van der Waals surface area contributed by atoms with E-state index in [0.717, 1.165) is 0 Å². The average molecular weight is 331 g/mol. The lowest BCUT2D eigenvalue weighted by molar-refractivity contribution is -0.114. The zero-order valence-electron chi connectivity index (χ0n) is 13.7. The molecule has 0 aliphatic heterocycles. The van der Waals surface area contributed by atoms with Crippen molar-refractivity contribution in [3.8, 4) is 11.5 Å². The van der Waals surface area contributed by atoms with Gasteiger partial charge in [-0.3, -0.25) is 9.59 Å². The largest absolute Gasteiger partial charge is 0.494 e. The maximum atomic E-state index is 13.7. The van der Waals surface area contributed by atoms with Crippen molar-refractivity contribution in [1.29, 1.82) is 0 Å². The molecule has 2 aromatic rings. The number of nitrogens with one attached hydrogen (secondary N) is 1. The fourth-order valence-corrected chi connectivity index (χ4v) is 2.11. The molecule has 0 radical (unpaired) electrons. The molecule has 0 saturated carbocycles. The van der Waals surface area contributed by atoms with E-state index in [1.807, 2.05) is 0 Å². The highest BCUT2D eigenvalue weighted by molar-refractivity contribution is 5.96. The van der Waals surface area contributed by atoms with Crippen LogP contribution in [0.5, 0.6) is 11.5 Å². The van der Waals surface area contributed by atoms with Crippen molar-refractivity contribution in [2.45, 2.75) is 20.5 Å². The lowest BCUT2D eigenvalue weighted by Crippen LogP contribution is -2.09. The molecule has 0 aliphatic rings. The highest BCUT2D eigenvalue weighted by atomic mass is 19.1.